The highest BCUT2D eigenvalue weighted by atomic mass is 16.1. The maximum absolute atomic E-state index is 12.2. The van der Waals surface area contributed by atoms with E-state index in [0.29, 0.717) is 0 Å². The summed E-state index contributed by atoms with van der Waals surface area (Å²) in [7, 11) is 0. The maximum Gasteiger partial charge on any atom is 0.170 e. The lowest BCUT2D eigenvalue weighted by molar-refractivity contribution is -0.114. The van der Waals surface area contributed by atoms with Crippen LogP contribution in [0.25, 0.3) is 0 Å². The standard InChI is InChI=1S/C17H13NO/c19-15-11-12-18-17(14-9-5-2-6-10-14)16(15)13-7-3-1-4-8-13/h1-12,16H. The van der Waals surface area contributed by atoms with Gasteiger partial charge in [0, 0.05) is 12.3 Å². The Labute approximate surface area is 112 Å². The van der Waals surface area contributed by atoms with Gasteiger partial charge in [0.1, 0.15) is 0 Å². The third-order valence-electron chi connectivity index (χ3n) is 3.21. The molecule has 0 saturated heterocycles. The van der Waals surface area contributed by atoms with Gasteiger partial charge in [-0.1, -0.05) is 60.7 Å². The number of aliphatic imine (C=N–C) groups is 1. The number of carbonyl (C=O) groups is 1. The zero-order valence-corrected chi connectivity index (χ0v) is 10.4. The molecule has 0 aliphatic carbocycles. The Hall–Kier alpha value is -2.48. The van der Waals surface area contributed by atoms with Crippen LogP contribution in [0.3, 0.4) is 0 Å². The number of ketones is 1. The molecule has 0 radical (unpaired) electrons. The van der Waals surface area contributed by atoms with Gasteiger partial charge < -0.3 is 0 Å². The lowest BCUT2D eigenvalue weighted by Crippen LogP contribution is -2.23. The average Bonchev–Trinajstić information content (AvgIpc) is 2.49. The Kier molecular flexibility index (Phi) is 3.07. The van der Waals surface area contributed by atoms with Crippen LogP contribution in [0, 0.1) is 0 Å². The summed E-state index contributed by atoms with van der Waals surface area (Å²) in [6.45, 7) is 0. The molecule has 0 fully saturated rings. The maximum atomic E-state index is 12.2. The predicted octanol–water partition coefficient (Wildman–Crippen LogP) is 3.36. The molecule has 92 valence electrons. The Morgan fingerprint density at radius 1 is 0.842 bits per heavy atom. The number of benzene rings is 2. The highest BCUT2D eigenvalue weighted by molar-refractivity contribution is 6.21. The lowest BCUT2D eigenvalue weighted by atomic mass is 9.85. The minimum absolute atomic E-state index is 0.0834. The number of nitrogens with zero attached hydrogens (tertiary/aromatic N) is 1. The van der Waals surface area contributed by atoms with E-state index in [2.05, 4.69) is 4.99 Å². The van der Waals surface area contributed by atoms with Gasteiger partial charge in [-0.05, 0) is 11.1 Å². The monoisotopic (exact) mass is 247 g/mol. The third kappa shape index (κ3) is 2.25. The van der Waals surface area contributed by atoms with Gasteiger partial charge >= 0.3 is 0 Å². The SMILES string of the molecule is O=C1C=CN=C(c2ccccc2)C1c1ccccc1. The van der Waals surface area contributed by atoms with Gasteiger partial charge in [0.25, 0.3) is 0 Å². The summed E-state index contributed by atoms with van der Waals surface area (Å²) in [5.41, 5.74) is 2.80. The van der Waals surface area contributed by atoms with Crippen molar-refractivity contribution >= 4 is 11.5 Å². The lowest BCUT2D eigenvalue weighted by Gasteiger charge is -2.19. The van der Waals surface area contributed by atoms with E-state index in [1.807, 2.05) is 60.7 Å². The van der Waals surface area contributed by atoms with Gasteiger partial charge in [-0.3, -0.25) is 9.79 Å². The summed E-state index contributed by atoms with van der Waals surface area (Å²) in [6.07, 6.45) is 3.13. The fraction of sp³-hybridized carbons (Fsp3) is 0.0588. The van der Waals surface area contributed by atoms with Gasteiger partial charge in [0.15, 0.2) is 5.78 Å². The fourth-order valence-corrected chi connectivity index (χ4v) is 2.31. The normalized spacial score (nSPS) is 18.2. The van der Waals surface area contributed by atoms with Crippen molar-refractivity contribution in [3.63, 3.8) is 0 Å². The molecule has 1 atom stereocenters. The van der Waals surface area contributed by atoms with Crippen molar-refractivity contribution in [1.82, 2.24) is 0 Å². The van der Waals surface area contributed by atoms with E-state index in [1.54, 1.807) is 12.3 Å². The quantitative estimate of drug-likeness (QED) is 0.800. The van der Waals surface area contributed by atoms with Crippen molar-refractivity contribution in [3.05, 3.63) is 84.1 Å². The van der Waals surface area contributed by atoms with Crippen molar-refractivity contribution in [2.75, 3.05) is 0 Å². The summed E-state index contributed by atoms with van der Waals surface area (Å²) in [4.78, 5) is 16.6. The van der Waals surface area contributed by atoms with Crippen LogP contribution in [0.5, 0.6) is 0 Å². The first kappa shape index (κ1) is 11.6. The minimum atomic E-state index is -0.298. The first-order chi connectivity index (χ1) is 9.36. The summed E-state index contributed by atoms with van der Waals surface area (Å²) in [5, 5.41) is 0. The van der Waals surface area contributed by atoms with E-state index in [9.17, 15) is 4.79 Å². The van der Waals surface area contributed by atoms with Gasteiger partial charge in [0.2, 0.25) is 0 Å². The topological polar surface area (TPSA) is 29.4 Å². The molecule has 2 nitrogen and oxygen atoms in total. The number of carbonyl (C=O) groups excluding carboxylic acids is 1. The highest BCUT2D eigenvalue weighted by Crippen LogP contribution is 2.25. The molecule has 2 aromatic carbocycles. The van der Waals surface area contributed by atoms with Crippen molar-refractivity contribution in [2.24, 2.45) is 4.99 Å². The third-order valence-corrected chi connectivity index (χ3v) is 3.21. The van der Waals surface area contributed by atoms with Crippen molar-refractivity contribution in [1.29, 1.82) is 0 Å². The van der Waals surface area contributed by atoms with E-state index < -0.39 is 0 Å². The first-order valence-electron chi connectivity index (χ1n) is 6.25. The molecule has 0 spiro atoms. The van der Waals surface area contributed by atoms with Gasteiger partial charge in [0.05, 0.1) is 11.6 Å². The molecule has 1 aliphatic rings. The first-order valence-corrected chi connectivity index (χ1v) is 6.25. The zero-order chi connectivity index (χ0) is 13.1. The number of rotatable bonds is 2. The molecule has 1 heterocycles. The summed E-state index contributed by atoms with van der Waals surface area (Å²) >= 11 is 0. The largest absolute Gasteiger partial charge is 0.294 e. The molecule has 19 heavy (non-hydrogen) atoms. The van der Waals surface area contributed by atoms with E-state index in [1.165, 1.54) is 0 Å². The Balaban J connectivity index is 2.09. The number of allylic oxidation sites excluding steroid dienone is 1. The van der Waals surface area contributed by atoms with Crippen LogP contribution >= 0.6 is 0 Å². The second-order valence-electron chi connectivity index (χ2n) is 4.44. The predicted molar refractivity (Wildman–Crippen MR) is 76.3 cm³/mol. The van der Waals surface area contributed by atoms with Crippen LogP contribution in [-0.2, 0) is 4.79 Å². The van der Waals surface area contributed by atoms with Crippen molar-refractivity contribution in [2.45, 2.75) is 5.92 Å². The number of hydrogen-bond acceptors (Lipinski definition) is 2. The average molecular weight is 247 g/mol. The molecule has 1 unspecified atom stereocenters. The van der Waals surface area contributed by atoms with Crippen LogP contribution in [0.4, 0.5) is 0 Å². The van der Waals surface area contributed by atoms with Crippen LogP contribution < -0.4 is 0 Å². The highest BCUT2D eigenvalue weighted by Gasteiger charge is 2.27. The molecular weight excluding hydrogens is 234 g/mol. The summed E-state index contributed by atoms with van der Waals surface area (Å²) < 4.78 is 0. The second-order valence-corrected chi connectivity index (χ2v) is 4.44. The molecule has 3 rings (SSSR count). The molecular formula is C17H13NO. The number of hydrogen-bond donors (Lipinski definition) is 0. The van der Waals surface area contributed by atoms with Crippen molar-refractivity contribution < 1.29 is 4.79 Å². The Morgan fingerprint density at radius 2 is 1.47 bits per heavy atom. The van der Waals surface area contributed by atoms with E-state index in [-0.39, 0.29) is 11.7 Å². The van der Waals surface area contributed by atoms with Crippen molar-refractivity contribution in [3.8, 4) is 0 Å². The Bertz CT molecular complexity index is 641. The van der Waals surface area contributed by atoms with Gasteiger partial charge in [-0.15, -0.1) is 0 Å². The van der Waals surface area contributed by atoms with Crippen LogP contribution in [0.15, 0.2) is 77.9 Å². The van der Waals surface area contributed by atoms with Gasteiger partial charge in [-0.25, -0.2) is 0 Å². The van der Waals surface area contributed by atoms with E-state index >= 15 is 0 Å². The molecule has 1 aliphatic heterocycles. The molecule has 2 heteroatoms. The molecule has 2 aromatic rings. The van der Waals surface area contributed by atoms with Crippen LogP contribution in [-0.4, -0.2) is 11.5 Å². The molecule has 0 saturated carbocycles. The summed E-state index contributed by atoms with van der Waals surface area (Å²) in [5.74, 6) is -0.214. The van der Waals surface area contributed by atoms with Gasteiger partial charge in [-0.2, -0.15) is 0 Å². The Morgan fingerprint density at radius 3 is 2.16 bits per heavy atom. The molecule has 0 bridgehead atoms. The fourth-order valence-electron chi connectivity index (χ4n) is 2.31. The second kappa shape index (κ2) is 5.02. The summed E-state index contributed by atoms with van der Waals surface area (Å²) in [6, 6.07) is 19.6. The van der Waals surface area contributed by atoms with Crippen LogP contribution in [0.1, 0.15) is 17.0 Å². The van der Waals surface area contributed by atoms with E-state index in [0.717, 1.165) is 16.8 Å². The minimum Gasteiger partial charge on any atom is -0.294 e. The molecule has 0 N–H and O–H groups in total. The molecule has 0 aromatic heterocycles. The zero-order valence-electron chi connectivity index (χ0n) is 10.4. The van der Waals surface area contributed by atoms with E-state index in [4.69, 9.17) is 0 Å². The van der Waals surface area contributed by atoms with Crippen LogP contribution in [0.2, 0.25) is 0 Å². The smallest absolute Gasteiger partial charge is 0.170 e. The molecule has 0 amide bonds.